The molecule has 0 aliphatic rings. The van der Waals surface area contributed by atoms with Gasteiger partial charge in [-0.15, -0.1) is 0 Å². The van der Waals surface area contributed by atoms with E-state index >= 15 is 0 Å². The van der Waals surface area contributed by atoms with Gasteiger partial charge in [-0.1, -0.05) is 49.4 Å². The van der Waals surface area contributed by atoms with Gasteiger partial charge < -0.3 is 10.4 Å². The number of carbonyl (C=O) groups excluding carboxylic acids is 1. The second-order valence-electron chi connectivity index (χ2n) is 5.48. The fraction of sp³-hybridized carbons (Fsp3) is 0.444. The molecule has 0 radical (unpaired) electrons. The topological polar surface area (TPSA) is 66.4 Å². The summed E-state index contributed by atoms with van der Waals surface area (Å²) < 4.78 is 0. The first-order valence-corrected chi connectivity index (χ1v) is 7.72. The third kappa shape index (κ3) is 6.57. The molecule has 4 nitrogen and oxygen atoms in total. The standard InChI is InChI=1S/C18H25NO3/c1-3-4-13-16(18(21)22)19-17(20)14(2)9-8-12-15-10-6-5-7-11-15/h3-7,10-11,14,16H,8-9,12-13H2,1-2H3,(H,19,20)(H,21,22)/b4-3+. The Labute approximate surface area is 132 Å². The summed E-state index contributed by atoms with van der Waals surface area (Å²) >= 11 is 0. The molecule has 0 aliphatic carbocycles. The first kappa shape index (κ1) is 18.0. The first-order chi connectivity index (χ1) is 10.5. The van der Waals surface area contributed by atoms with Crippen molar-refractivity contribution in [1.29, 1.82) is 0 Å². The van der Waals surface area contributed by atoms with Crippen molar-refractivity contribution in [1.82, 2.24) is 5.32 Å². The summed E-state index contributed by atoms with van der Waals surface area (Å²) in [5.41, 5.74) is 1.26. The molecule has 1 aromatic carbocycles. The molecule has 0 fully saturated rings. The van der Waals surface area contributed by atoms with Gasteiger partial charge in [0.1, 0.15) is 6.04 Å². The van der Waals surface area contributed by atoms with E-state index in [0.717, 1.165) is 19.3 Å². The Kier molecular flexibility index (Phi) is 7.97. The van der Waals surface area contributed by atoms with Crippen LogP contribution in [0.15, 0.2) is 42.5 Å². The lowest BCUT2D eigenvalue weighted by molar-refractivity contribution is -0.142. The van der Waals surface area contributed by atoms with Crippen LogP contribution in [0.3, 0.4) is 0 Å². The quantitative estimate of drug-likeness (QED) is 0.689. The third-order valence-corrected chi connectivity index (χ3v) is 3.62. The second-order valence-corrected chi connectivity index (χ2v) is 5.48. The molecule has 2 atom stereocenters. The predicted octanol–water partition coefficient (Wildman–Crippen LogP) is 3.18. The predicted molar refractivity (Wildman–Crippen MR) is 87.5 cm³/mol. The van der Waals surface area contributed by atoms with Crippen molar-refractivity contribution >= 4 is 11.9 Å². The Morgan fingerprint density at radius 3 is 2.55 bits per heavy atom. The van der Waals surface area contributed by atoms with Crippen molar-refractivity contribution < 1.29 is 14.7 Å². The molecule has 0 bridgehead atoms. The maximum absolute atomic E-state index is 12.1. The zero-order valence-corrected chi connectivity index (χ0v) is 13.3. The Hall–Kier alpha value is -2.10. The van der Waals surface area contributed by atoms with Crippen LogP contribution in [0.5, 0.6) is 0 Å². The van der Waals surface area contributed by atoms with Gasteiger partial charge in [-0.3, -0.25) is 4.79 Å². The number of aryl methyl sites for hydroxylation is 1. The van der Waals surface area contributed by atoms with Crippen LogP contribution >= 0.6 is 0 Å². The van der Waals surface area contributed by atoms with Gasteiger partial charge in [0, 0.05) is 5.92 Å². The fourth-order valence-corrected chi connectivity index (χ4v) is 2.20. The normalized spacial score (nSPS) is 13.7. The largest absolute Gasteiger partial charge is 0.480 e. The van der Waals surface area contributed by atoms with Crippen LogP contribution in [0, 0.1) is 5.92 Å². The molecule has 0 spiro atoms. The summed E-state index contributed by atoms with van der Waals surface area (Å²) in [7, 11) is 0. The minimum Gasteiger partial charge on any atom is -0.480 e. The van der Waals surface area contributed by atoms with E-state index in [1.165, 1.54) is 5.56 Å². The summed E-state index contributed by atoms with van der Waals surface area (Å²) in [5.74, 6) is -1.37. The highest BCUT2D eigenvalue weighted by Gasteiger charge is 2.21. The average molecular weight is 303 g/mol. The third-order valence-electron chi connectivity index (χ3n) is 3.62. The minimum atomic E-state index is -0.997. The number of carbonyl (C=O) groups is 2. The molecule has 4 heteroatoms. The summed E-state index contributed by atoms with van der Waals surface area (Å²) in [6, 6.07) is 9.29. The second kappa shape index (κ2) is 9.77. The van der Waals surface area contributed by atoms with E-state index in [0.29, 0.717) is 6.42 Å². The molecule has 0 heterocycles. The van der Waals surface area contributed by atoms with Crippen LogP contribution in [0.2, 0.25) is 0 Å². The number of allylic oxidation sites excluding steroid dienone is 1. The van der Waals surface area contributed by atoms with Gasteiger partial charge in [0.25, 0.3) is 0 Å². The van der Waals surface area contributed by atoms with Gasteiger partial charge in [0.05, 0.1) is 0 Å². The highest BCUT2D eigenvalue weighted by Crippen LogP contribution is 2.11. The zero-order chi connectivity index (χ0) is 16.4. The number of benzene rings is 1. The molecule has 120 valence electrons. The number of carboxylic acid groups (broad SMARTS) is 1. The molecule has 2 unspecified atom stereocenters. The number of hydrogen-bond acceptors (Lipinski definition) is 2. The Morgan fingerprint density at radius 1 is 1.27 bits per heavy atom. The Morgan fingerprint density at radius 2 is 1.95 bits per heavy atom. The van der Waals surface area contributed by atoms with Crippen molar-refractivity contribution in [2.75, 3.05) is 0 Å². The van der Waals surface area contributed by atoms with Crippen molar-refractivity contribution in [3.05, 3.63) is 48.0 Å². The van der Waals surface area contributed by atoms with Crippen LogP contribution in [-0.2, 0) is 16.0 Å². The number of carboxylic acids is 1. The zero-order valence-electron chi connectivity index (χ0n) is 13.3. The van der Waals surface area contributed by atoms with Crippen LogP contribution in [-0.4, -0.2) is 23.0 Å². The fourth-order valence-electron chi connectivity index (χ4n) is 2.20. The van der Waals surface area contributed by atoms with Crippen molar-refractivity contribution in [3.8, 4) is 0 Å². The molecule has 0 saturated heterocycles. The van der Waals surface area contributed by atoms with Crippen LogP contribution in [0.4, 0.5) is 0 Å². The number of nitrogens with one attached hydrogen (secondary N) is 1. The molecule has 0 aromatic heterocycles. The van der Waals surface area contributed by atoms with Crippen molar-refractivity contribution in [2.45, 2.75) is 45.6 Å². The first-order valence-electron chi connectivity index (χ1n) is 7.72. The average Bonchev–Trinajstić information content (AvgIpc) is 2.51. The Balaban J connectivity index is 2.38. The maximum Gasteiger partial charge on any atom is 0.326 e. The molecule has 1 amide bonds. The van der Waals surface area contributed by atoms with E-state index < -0.39 is 12.0 Å². The van der Waals surface area contributed by atoms with Gasteiger partial charge in [0.15, 0.2) is 0 Å². The van der Waals surface area contributed by atoms with Gasteiger partial charge in [-0.05, 0) is 38.2 Å². The number of amides is 1. The van der Waals surface area contributed by atoms with Gasteiger partial charge in [-0.2, -0.15) is 0 Å². The molecular weight excluding hydrogens is 278 g/mol. The van der Waals surface area contributed by atoms with E-state index in [-0.39, 0.29) is 11.8 Å². The van der Waals surface area contributed by atoms with Crippen molar-refractivity contribution in [3.63, 3.8) is 0 Å². The molecular formula is C18H25NO3. The SMILES string of the molecule is C/C=C/CC(NC(=O)C(C)CCCc1ccccc1)C(=O)O. The van der Waals surface area contributed by atoms with Crippen LogP contribution in [0.25, 0.3) is 0 Å². The molecule has 0 saturated carbocycles. The van der Waals surface area contributed by atoms with Gasteiger partial charge in [0.2, 0.25) is 5.91 Å². The minimum absolute atomic E-state index is 0.184. The van der Waals surface area contributed by atoms with Crippen LogP contribution < -0.4 is 5.32 Å². The lowest BCUT2D eigenvalue weighted by Gasteiger charge is -2.16. The molecule has 0 aliphatic heterocycles. The maximum atomic E-state index is 12.1. The number of rotatable bonds is 9. The molecule has 1 rings (SSSR count). The van der Waals surface area contributed by atoms with E-state index in [9.17, 15) is 9.59 Å². The Bertz CT molecular complexity index is 496. The van der Waals surface area contributed by atoms with Gasteiger partial charge in [-0.25, -0.2) is 4.79 Å². The summed E-state index contributed by atoms with van der Waals surface area (Å²) in [6.45, 7) is 3.67. The van der Waals surface area contributed by atoms with E-state index in [1.54, 1.807) is 12.2 Å². The monoisotopic (exact) mass is 303 g/mol. The van der Waals surface area contributed by atoms with E-state index in [2.05, 4.69) is 17.4 Å². The highest BCUT2D eigenvalue weighted by molar-refractivity contribution is 5.84. The lowest BCUT2D eigenvalue weighted by atomic mass is 10.00. The molecule has 2 N–H and O–H groups in total. The van der Waals surface area contributed by atoms with E-state index in [1.807, 2.05) is 32.0 Å². The van der Waals surface area contributed by atoms with E-state index in [4.69, 9.17) is 5.11 Å². The highest BCUT2D eigenvalue weighted by atomic mass is 16.4. The summed E-state index contributed by atoms with van der Waals surface area (Å²) in [4.78, 5) is 23.2. The number of hydrogen-bond donors (Lipinski definition) is 2. The number of aliphatic carboxylic acids is 1. The summed E-state index contributed by atoms with van der Waals surface area (Å²) in [6.07, 6.45) is 6.43. The smallest absolute Gasteiger partial charge is 0.326 e. The lowest BCUT2D eigenvalue weighted by Crippen LogP contribution is -2.42. The van der Waals surface area contributed by atoms with Crippen LogP contribution in [0.1, 0.15) is 38.7 Å². The molecule has 22 heavy (non-hydrogen) atoms. The van der Waals surface area contributed by atoms with Crippen molar-refractivity contribution in [2.24, 2.45) is 5.92 Å². The summed E-state index contributed by atoms with van der Waals surface area (Å²) in [5, 5.41) is 11.7. The van der Waals surface area contributed by atoms with Gasteiger partial charge >= 0.3 is 5.97 Å². The molecule has 1 aromatic rings.